The number of aliphatic hydroxyl groups is 1. The molecule has 7 fully saturated rings. The lowest BCUT2D eigenvalue weighted by molar-refractivity contribution is -0.267. The quantitative estimate of drug-likeness (QED) is 0.307. The maximum Gasteiger partial charge on any atom is 0.309 e. The second kappa shape index (κ2) is 13.6. The van der Waals surface area contributed by atoms with Gasteiger partial charge in [0.2, 0.25) is 0 Å². The summed E-state index contributed by atoms with van der Waals surface area (Å²) in [6, 6.07) is 0. The molecule has 2 N–H and O–H groups in total. The molecule has 1 spiro atoms. The first kappa shape index (κ1) is 37.3. The first-order chi connectivity index (χ1) is 21.9. The van der Waals surface area contributed by atoms with Crippen LogP contribution in [-0.4, -0.2) is 46.1 Å². The first-order valence-corrected chi connectivity index (χ1v) is 19.7. The van der Waals surface area contributed by atoms with E-state index >= 15 is 0 Å². The molecule has 0 radical (unpaired) electrons. The molecule has 7 aliphatic rings. The molecule has 47 heavy (non-hydrogen) atoms. The number of carboxylic acids is 1. The van der Waals surface area contributed by atoms with E-state index in [-0.39, 0.29) is 28.5 Å². The number of fused-ring (bicyclic) bond motifs is 3. The van der Waals surface area contributed by atoms with Crippen LogP contribution in [0.4, 0.5) is 0 Å². The topological polar surface area (TPSA) is 93.1 Å². The van der Waals surface area contributed by atoms with Crippen LogP contribution in [0.25, 0.3) is 0 Å². The third-order valence-corrected chi connectivity index (χ3v) is 14.9. The zero-order chi connectivity index (χ0) is 34.6. The molecule has 0 aromatic carbocycles. The van der Waals surface area contributed by atoms with Gasteiger partial charge in [0.15, 0.2) is 5.79 Å². The molecule has 2 aliphatic heterocycles. The van der Waals surface area contributed by atoms with Crippen molar-refractivity contribution < 1.29 is 29.3 Å². The maximum absolute atomic E-state index is 12.0. The summed E-state index contributed by atoms with van der Waals surface area (Å²) < 4.78 is 12.4. The molecular formula is C41H70O6. The zero-order valence-electron chi connectivity index (χ0n) is 31.5. The second-order valence-corrected chi connectivity index (χ2v) is 19.4. The number of aliphatic carboxylic acids is 1. The van der Waals surface area contributed by atoms with Crippen LogP contribution in [0.1, 0.15) is 165 Å². The molecule has 2 bridgehead atoms. The molecule has 270 valence electrons. The summed E-state index contributed by atoms with van der Waals surface area (Å²) >= 11 is 0. The second-order valence-electron chi connectivity index (χ2n) is 19.4. The highest BCUT2D eigenvalue weighted by atomic mass is 16.8. The molecule has 6 heteroatoms. The molecule has 6 nitrogen and oxygen atoms in total. The van der Waals surface area contributed by atoms with Gasteiger partial charge in [-0.05, 0) is 124 Å². The molecule has 5 saturated carbocycles. The highest BCUT2D eigenvalue weighted by Crippen LogP contribution is 2.58. The minimum atomic E-state index is -0.680. The number of Topliss-reactive ketones (excluding diaryl/α,β-unsaturated/α-hetero) is 1. The lowest BCUT2D eigenvalue weighted by Crippen LogP contribution is -2.49. The van der Waals surface area contributed by atoms with Crippen molar-refractivity contribution in [3.63, 3.8) is 0 Å². The number of carbonyl (C=O) groups excluding carboxylic acids is 1. The predicted octanol–water partition coefficient (Wildman–Crippen LogP) is 9.60. The predicted molar refractivity (Wildman–Crippen MR) is 187 cm³/mol. The Kier molecular flexibility index (Phi) is 10.8. The summed E-state index contributed by atoms with van der Waals surface area (Å²) in [4.78, 5) is 23.5. The van der Waals surface area contributed by atoms with E-state index in [0.717, 1.165) is 57.8 Å². The van der Waals surface area contributed by atoms with E-state index in [2.05, 4.69) is 55.4 Å². The van der Waals surface area contributed by atoms with Crippen LogP contribution in [0.2, 0.25) is 0 Å². The van der Waals surface area contributed by atoms with Crippen LogP contribution in [0.5, 0.6) is 0 Å². The van der Waals surface area contributed by atoms with E-state index in [9.17, 15) is 19.8 Å². The molecule has 12 atom stereocenters. The van der Waals surface area contributed by atoms with Gasteiger partial charge in [0, 0.05) is 11.3 Å². The van der Waals surface area contributed by atoms with Crippen molar-refractivity contribution in [1.82, 2.24) is 0 Å². The Balaban J connectivity index is 0.000000139. The lowest BCUT2D eigenvalue weighted by atomic mass is 9.53. The van der Waals surface area contributed by atoms with Gasteiger partial charge in [0.05, 0.1) is 17.6 Å². The normalized spacial score (nSPS) is 46.7. The van der Waals surface area contributed by atoms with Gasteiger partial charge in [-0.15, -0.1) is 0 Å². The molecule has 5 aliphatic carbocycles. The highest BCUT2D eigenvalue weighted by Gasteiger charge is 2.65. The summed E-state index contributed by atoms with van der Waals surface area (Å²) in [5.41, 5.74) is 0.282. The van der Waals surface area contributed by atoms with E-state index in [1.54, 1.807) is 0 Å². The van der Waals surface area contributed by atoms with E-state index in [0.29, 0.717) is 46.7 Å². The summed E-state index contributed by atoms with van der Waals surface area (Å²) in [6.45, 7) is 20.0. The van der Waals surface area contributed by atoms with Gasteiger partial charge < -0.3 is 19.7 Å². The van der Waals surface area contributed by atoms with E-state index in [1.165, 1.54) is 44.9 Å². The number of carbonyl (C=O) groups is 2. The fourth-order valence-electron chi connectivity index (χ4n) is 11.8. The van der Waals surface area contributed by atoms with Gasteiger partial charge in [-0.2, -0.15) is 0 Å². The summed E-state index contributed by atoms with van der Waals surface area (Å²) in [5.74, 6) is 2.67. The SMILES string of the molecule is CC(=O)C12CCCCC1CC(C)(C)CC2.CC1CC2OC3(OC2C(C)(C)C)C(O)CCC13.CC1CCC2(C(=O)O)CCCCC2C1C. The molecule has 0 amide bonds. The average molecular weight is 659 g/mol. The van der Waals surface area contributed by atoms with Crippen LogP contribution in [-0.2, 0) is 19.1 Å². The number of hydrogen-bond acceptors (Lipinski definition) is 5. The van der Waals surface area contributed by atoms with Crippen molar-refractivity contribution in [2.24, 2.45) is 57.2 Å². The first-order valence-electron chi connectivity index (χ1n) is 19.7. The fraction of sp³-hybridized carbons (Fsp3) is 0.951. The monoisotopic (exact) mass is 659 g/mol. The van der Waals surface area contributed by atoms with E-state index in [4.69, 9.17) is 9.47 Å². The minimum Gasteiger partial charge on any atom is -0.481 e. The van der Waals surface area contributed by atoms with Crippen LogP contribution < -0.4 is 0 Å². The summed E-state index contributed by atoms with van der Waals surface area (Å²) in [5, 5.41) is 19.8. The summed E-state index contributed by atoms with van der Waals surface area (Å²) in [6.07, 6.45) is 17.9. The molecule has 2 heterocycles. The van der Waals surface area contributed by atoms with Gasteiger partial charge in [-0.1, -0.05) is 81.1 Å². The van der Waals surface area contributed by atoms with Crippen molar-refractivity contribution >= 4 is 11.8 Å². The van der Waals surface area contributed by atoms with Crippen LogP contribution in [0, 0.1) is 57.2 Å². The number of ketones is 1. The Bertz CT molecular complexity index is 1130. The Morgan fingerprint density at radius 3 is 2.04 bits per heavy atom. The minimum absolute atomic E-state index is 0.0745. The lowest BCUT2D eigenvalue weighted by Gasteiger charge is -2.51. The Morgan fingerprint density at radius 1 is 0.745 bits per heavy atom. The molecular weight excluding hydrogens is 588 g/mol. The van der Waals surface area contributed by atoms with Gasteiger partial charge in [0.1, 0.15) is 11.9 Å². The average Bonchev–Trinajstić information content (AvgIpc) is 3.52. The van der Waals surface area contributed by atoms with Crippen molar-refractivity contribution in [2.75, 3.05) is 0 Å². The van der Waals surface area contributed by atoms with Gasteiger partial charge in [-0.3, -0.25) is 9.59 Å². The molecule has 7 rings (SSSR count). The Labute approximate surface area is 286 Å². The van der Waals surface area contributed by atoms with Crippen molar-refractivity contribution in [1.29, 1.82) is 0 Å². The third kappa shape index (κ3) is 6.88. The Hall–Kier alpha value is -0.980. The van der Waals surface area contributed by atoms with Gasteiger partial charge in [-0.25, -0.2) is 0 Å². The molecule has 2 saturated heterocycles. The van der Waals surface area contributed by atoms with Crippen molar-refractivity contribution in [3.05, 3.63) is 0 Å². The number of hydrogen-bond donors (Lipinski definition) is 2. The van der Waals surface area contributed by atoms with Crippen LogP contribution >= 0.6 is 0 Å². The largest absolute Gasteiger partial charge is 0.481 e. The smallest absolute Gasteiger partial charge is 0.309 e. The Morgan fingerprint density at radius 2 is 1.40 bits per heavy atom. The molecule has 0 aromatic rings. The van der Waals surface area contributed by atoms with Crippen LogP contribution in [0.3, 0.4) is 0 Å². The summed E-state index contributed by atoms with van der Waals surface area (Å²) in [7, 11) is 0. The highest BCUT2D eigenvalue weighted by molar-refractivity contribution is 5.83. The van der Waals surface area contributed by atoms with E-state index in [1.807, 2.05) is 6.92 Å². The number of carboxylic acid groups (broad SMARTS) is 1. The van der Waals surface area contributed by atoms with Crippen molar-refractivity contribution in [3.8, 4) is 0 Å². The number of rotatable bonds is 2. The molecule has 0 aromatic heterocycles. The zero-order valence-corrected chi connectivity index (χ0v) is 31.5. The fourth-order valence-corrected chi connectivity index (χ4v) is 11.8. The van der Waals surface area contributed by atoms with Crippen LogP contribution in [0.15, 0.2) is 0 Å². The van der Waals surface area contributed by atoms with E-state index < -0.39 is 17.9 Å². The van der Waals surface area contributed by atoms with Gasteiger partial charge in [0.25, 0.3) is 0 Å². The third-order valence-electron chi connectivity index (χ3n) is 14.9. The number of ether oxygens (including phenoxy) is 2. The number of aliphatic hydroxyl groups excluding tert-OH is 1. The van der Waals surface area contributed by atoms with Crippen molar-refractivity contribution in [2.45, 2.75) is 189 Å². The van der Waals surface area contributed by atoms with Gasteiger partial charge >= 0.3 is 5.97 Å². The molecule has 12 unspecified atom stereocenters. The maximum atomic E-state index is 12.0. The standard InChI is InChI=1S/C14H24O3.C14H24O.C13H22O2/c1-8-7-10-12(13(2,3)4)17-14(16-10)9(8)5-6-11(14)15;1-11(15)14-7-5-4-6-12(14)10-13(2,3)8-9-14;1-9-6-8-13(12(14)15)7-4-3-5-11(13)10(9)2/h8-12,15H,5-7H2,1-4H3;12H,4-10H2,1-3H3;9-11H,3-8H2,1-2H3,(H,14,15).